The van der Waals surface area contributed by atoms with Crippen molar-refractivity contribution in [1.29, 1.82) is 0 Å². The Morgan fingerprint density at radius 3 is 1.81 bits per heavy atom. The third-order valence-electron chi connectivity index (χ3n) is 4.39. The number of nitro benzene ring substituents is 1. The molecule has 0 aliphatic carbocycles. The van der Waals surface area contributed by atoms with E-state index in [1.165, 1.54) is 24.3 Å². The van der Waals surface area contributed by atoms with Crippen molar-refractivity contribution in [3.63, 3.8) is 0 Å². The Morgan fingerprint density at radius 2 is 1.32 bits per heavy atom. The Hall–Kier alpha value is -4.11. The van der Waals surface area contributed by atoms with Gasteiger partial charge in [0.05, 0.1) is 10.8 Å². The molecule has 3 aromatic rings. The lowest BCUT2D eigenvalue weighted by atomic mass is 9.91. The number of hydrogen-bond acceptors (Lipinski definition) is 5. The van der Waals surface area contributed by atoms with Crippen LogP contribution < -0.4 is 16.2 Å². The lowest BCUT2D eigenvalue weighted by Crippen LogP contribution is -2.49. The van der Waals surface area contributed by atoms with Crippen molar-refractivity contribution in [3.8, 4) is 0 Å². The molecule has 31 heavy (non-hydrogen) atoms. The van der Waals surface area contributed by atoms with Crippen molar-refractivity contribution >= 4 is 34.8 Å². The molecule has 0 saturated heterocycles. The molecule has 0 aromatic heterocycles. The van der Waals surface area contributed by atoms with Gasteiger partial charge in [-0.3, -0.25) is 35.9 Å². The number of hydrogen-bond donors (Lipinski definition) is 3. The predicted molar refractivity (Wildman–Crippen MR) is 119 cm³/mol. The molecule has 3 aromatic carbocycles. The van der Waals surface area contributed by atoms with Crippen LogP contribution >= 0.6 is 12.2 Å². The molecule has 0 aliphatic rings. The van der Waals surface area contributed by atoms with E-state index >= 15 is 0 Å². The van der Waals surface area contributed by atoms with E-state index in [9.17, 15) is 19.7 Å². The van der Waals surface area contributed by atoms with Crippen LogP contribution in [0.5, 0.6) is 0 Å². The average Bonchev–Trinajstić information content (AvgIpc) is 2.79. The van der Waals surface area contributed by atoms with E-state index in [1.54, 1.807) is 0 Å². The molecule has 0 bridgehead atoms. The van der Waals surface area contributed by atoms with Gasteiger partial charge in [-0.15, -0.1) is 0 Å². The standard InChI is InChI=1S/C22H18N4O4S/c27-20(17-11-13-18(14-12-17)26(29)30)23-22(31)25-24-21(28)19(15-7-3-1-4-8-15)16-9-5-2-6-10-16/h1-14,19H,(H,24,28)(H2,23,25,27,31). The summed E-state index contributed by atoms with van der Waals surface area (Å²) in [5, 5.41) is 13.0. The summed E-state index contributed by atoms with van der Waals surface area (Å²) in [7, 11) is 0. The highest BCUT2D eigenvalue weighted by molar-refractivity contribution is 7.80. The van der Waals surface area contributed by atoms with E-state index in [4.69, 9.17) is 12.2 Å². The molecule has 9 heteroatoms. The smallest absolute Gasteiger partial charge is 0.269 e. The molecule has 3 rings (SSSR count). The number of carbonyl (C=O) groups is 2. The van der Waals surface area contributed by atoms with Gasteiger partial charge >= 0.3 is 0 Å². The predicted octanol–water partition coefficient (Wildman–Crippen LogP) is 3.06. The lowest BCUT2D eigenvalue weighted by Gasteiger charge is -2.19. The molecule has 0 heterocycles. The largest absolute Gasteiger partial charge is 0.298 e. The molecule has 0 atom stereocenters. The fourth-order valence-corrected chi connectivity index (χ4v) is 3.06. The van der Waals surface area contributed by atoms with Gasteiger partial charge in [0.25, 0.3) is 11.6 Å². The maximum atomic E-state index is 12.9. The molecule has 0 spiro atoms. The maximum absolute atomic E-state index is 12.9. The SMILES string of the molecule is O=C(NC(=S)NNC(=O)C(c1ccccc1)c1ccccc1)c1ccc([N+](=O)[O-])cc1. The van der Waals surface area contributed by atoms with Crippen molar-refractivity contribution in [1.82, 2.24) is 16.2 Å². The second kappa shape index (κ2) is 10.1. The number of non-ortho nitro benzene ring substituents is 1. The monoisotopic (exact) mass is 434 g/mol. The molecule has 0 fully saturated rings. The Morgan fingerprint density at radius 1 is 0.806 bits per heavy atom. The van der Waals surface area contributed by atoms with Crippen LogP contribution in [0.2, 0.25) is 0 Å². The van der Waals surface area contributed by atoms with Gasteiger partial charge in [-0.05, 0) is 35.5 Å². The Balaban J connectivity index is 1.63. The van der Waals surface area contributed by atoms with Gasteiger partial charge in [-0.25, -0.2) is 0 Å². The van der Waals surface area contributed by atoms with Crippen LogP contribution in [-0.2, 0) is 4.79 Å². The Labute approximate surface area is 183 Å². The van der Waals surface area contributed by atoms with E-state index in [2.05, 4.69) is 16.2 Å². The van der Waals surface area contributed by atoms with Gasteiger partial charge in [-0.2, -0.15) is 0 Å². The summed E-state index contributed by atoms with van der Waals surface area (Å²) in [5.74, 6) is -1.50. The maximum Gasteiger partial charge on any atom is 0.269 e. The van der Waals surface area contributed by atoms with Gasteiger partial charge in [0.2, 0.25) is 5.91 Å². The van der Waals surface area contributed by atoms with Crippen LogP contribution in [-0.4, -0.2) is 21.9 Å². The van der Waals surface area contributed by atoms with Crippen LogP contribution in [0.25, 0.3) is 0 Å². The van der Waals surface area contributed by atoms with Gasteiger partial charge < -0.3 is 0 Å². The molecule has 3 N–H and O–H groups in total. The molecule has 8 nitrogen and oxygen atoms in total. The van der Waals surface area contributed by atoms with Crippen molar-refractivity contribution in [2.75, 3.05) is 0 Å². The molecule has 0 saturated carbocycles. The first kappa shape index (κ1) is 21.6. The molecule has 2 amide bonds. The normalized spacial score (nSPS) is 10.2. The zero-order chi connectivity index (χ0) is 22.2. The number of rotatable bonds is 5. The third kappa shape index (κ3) is 5.71. The molecular formula is C22H18N4O4S. The Kier molecular flexibility index (Phi) is 7.02. The summed E-state index contributed by atoms with van der Waals surface area (Å²) in [6.45, 7) is 0. The number of nitrogens with zero attached hydrogens (tertiary/aromatic N) is 1. The summed E-state index contributed by atoms with van der Waals surface area (Å²) in [4.78, 5) is 35.3. The van der Waals surface area contributed by atoms with Crippen molar-refractivity contribution in [2.24, 2.45) is 0 Å². The zero-order valence-corrected chi connectivity index (χ0v) is 17.0. The number of hydrazine groups is 1. The van der Waals surface area contributed by atoms with Gasteiger partial charge in [0, 0.05) is 17.7 Å². The third-order valence-corrected chi connectivity index (χ3v) is 4.60. The number of benzene rings is 3. The summed E-state index contributed by atoms with van der Waals surface area (Å²) in [5.41, 5.74) is 6.71. The highest BCUT2D eigenvalue weighted by Gasteiger charge is 2.22. The van der Waals surface area contributed by atoms with E-state index in [-0.39, 0.29) is 22.3 Å². The summed E-state index contributed by atoms with van der Waals surface area (Å²) in [6.07, 6.45) is 0. The highest BCUT2D eigenvalue weighted by atomic mass is 32.1. The number of nitro groups is 1. The van der Waals surface area contributed by atoms with Crippen LogP contribution in [0.4, 0.5) is 5.69 Å². The number of carbonyl (C=O) groups excluding carboxylic acids is 2. The van der Waals surface area contributed by atoms with Crippen LogP contribution in [0.15, 0.2) is 84.9 Å². The average molecular weight is 434 g/mol. The van der Waals surface area contributed by atoms with Gasteiger partial charge in [0.1, 0.15) is 0 Å². The quantitative estimate of drug-likeness (QED) is 0.323. The fourth-order valence-electron chi connectivity index (χ4n) is 2.92. The zero-order valence-electron chi connectivity index (χ0n) is 16.1. The number of nitrogens with one attached hydrogen (secondary N) is 3. The first-order valence-corrected chi connectivity index (χ1v) is 9.62. The van der Waals surface area contributed by atoms with Crippen LogP contribution in [0.3, 0.4) is 0 Å². The lowest BCUT2D eigenvalue weighted by molar-refractivity contribution is -0.384. The molecule has 156 valence electrons. The molecule has 0 unspecified atom stereocenters. The number of thiocarbonyl (C=S) groups is 1. The molecule has 0 aliphatic heterocycles. The minimum Gasteiger partial charge on any atom is -0.298 e. The van der Waals surface area contributed by atoms with Crippen molar-refractivity contribution in [3.05, 3.63) is 112 Å². The summed E-state index contributed by atoms with van der Waals surface area (Å²) < 4.78 is 0. The van der Waals surface area contributed by atoms with Crippen molar-refractivity contribution in [2.45, 2.75) is 5.92 Å². The van der Waals surface area contributed by atoms with Crippen molar-refractivity contribution < 1.29 is 14.5 Å². The second-order valence-corrected chi connectivity index (χ2v) is 6.86. The topological polar surface area (TPSA) is 113 Å². The van der Waals surface area contributed by atoms with Crippen LogP contribution in [0.1, 0.15) is 27.4 Å². The van der Waals surface area contributed by atoms with Gasteiger partial charge in [-0.1, -0.05) is 60.7 Å². The molecule has 0 radical (unpaired) electrons. The second-order valence-electron chi connectivity index (χ2n) is 6.46. The Bertz CT molecular complexity index is 1050. The minimum atomic E-state index is -0.580. The van der Waals surface area contributed by atoms with Gasteiger partial charge in [0.15, 0.2) is 5.11 Å². The summed E-state index contributed by atoms with van der Waals surface area (Å²) >= 11 is 5.07. The summed E-state index contributed by atoms with van der Waals surface area (Å²) in [6, 6.07) is 23.6. The van der Waals surface area contributed by atoms with E-state index in [0.717, 1.165) is 11.1 Å². The van der Waals surface area contributed by atoms with Crippen LogP contribution in [0, 0.1) is 10.1 Å². The van der Waals surface area contributed by atoms with E-state index in [1.807, 2.05) is 60.7 Å². The van der Waals surface area contributed by atoms with E-state index < -0.39 is 16.7 Å². The minimum absolute atomic E-state index is 0.114. The fraction of sp³-hybridized carbons (Fsp3) is 0.0455. The first-order valence-electron chi connectivity index (χ1n) is 9.21. The molecular weight excluding hydrogens is 416 g/mol. The number of amides is 2. The first-order chi connectivity index (χ1) is 15.0. The van der Waals surface area contributed by atoms with E-state index in [0.29, 0.717) is 0 Å². The highest BCUT2D eigenvalue weighted by Crippen LogP contribution is 2.24.